The van der Waals surface area contributed by atoms with Crippen molar-refractivity contribution in [2.75, 3.05) is 11.4 Å². The molecule has 2 aromatic carbocycles. The van der Waals surface area contributed by atoms with Crippen molar-refractivity contribution in [2.45, 2.75) is 52.0 Å². The van der Waals surface area contributed by atoms with E-state index in [2.05, 4.69) is 48.2 Å². The number of carbonyl (C=O) groups is 2. The summed E-state index contributed by atoms with van der Waals surface area (Å²) in [6.45, 7) is 2.43. The van der Waals surface area contributed by atoms with E-state index in [0.29, 0.717) is 0 Å². The Bertz CT molecular complexity index is 1680. The van der Waals surface area contributed by atoms with Crippen molar-refractivity contribution in [3.63, 3.8) is 0 Å². The fraction of sp³-hybridized carbons (Fsp3) is 0.290. The topological polar surface area (TPSA) is 124 Å². The van der Waals surface area contributed by atoms with Crippen LogP contribution in [0.4, 0.5) is 11.4 Å². The predicted molar refractivity (Wildman–Crippen MR) is 157 cm³/mol. The molecule has 3 aromatic rings. The molecule has 0 amide bonds. The normalized spacial score (nSPS) is 13.9. The first kappa shape index (κ1) is 28.6. The zero-order chi connectivity index (χ0) is 28.6. The summed E-state index contributed by atoms with van der Waals surface area (Å²) < 4.78 is 0.768. The SMILES string of the molecule is CCCCCCN1c2ccccc2CCc2cc(C=CC=c3s/c(=C(\C#N)C(=O)O)n(CC(=O)O)c3=O)ccc21. The number of nitrogens with zero attached hydrogens (tertiary/aromatic N) is 3. The van der Waals surface area contributed by atoms with E-state index < -0.39 is 29.6 Å². The quantitative estimate of drug-likeness (QED) is 0.360. The van der Waals surface area contributed by atoms with Gasteiger partial charge in [0.1, 0.15) is 17.3 Å². The monoisotopic (exact) mass is 557 g/mol. The Kier molecular flexibility index (Phi) is 9.35. The number of rotatable bonds is 10. The number of aromatic nitrogens is 1. The number of benzene rings is 2. The average molecular weight is 558 g/mol. The van der Waals surface area contributed by atoms with Gasteiger partial charge in [0, 0.05) is 17.9 Å². The molecule has 0 bridgehead atoms. The van der Waals surface area contributed by atoms with Crippen molar-refractivity contribution >= 4 is 52.4 Å². The standard InChI is InChI=1S/C31H31N3O5S/c1-2-3-4-7-17-33-25-11-6-5-10-22(25)14-15-23-18-21(13-16-26(23)33)9-8-12-27-29(37)34(20-28(35)36)30(40-27)24(19-32)31(38)39/h5-6,8-13,16,18H,2-4,7,14-15,17,20H2,1H3,(H,35,36)(H,38,39)/b9-8?,27-12?,30-24+. The first-order valence-corrected chi connectivity index (χ1v) is 14.1. The highest BCUT2D eigenvalue weighted by Crippen LogP contribution is 2.36. The molecule has 0 radical (unpaired) electrons. The van der Waals surface area contributed by atoms with Gasteiger partial charge in [0.15, 0.2) is 5.57 Å². The lowest BCUT2D eigenvalue weighted by atomic mass is 10.0. The van der Waals surface area contributed by atoms with Crippen molar-refractivity contribution in [3.05, 3.63) is 84.8 Å². The first-order chi connectivity index (χ1) is 19.3. The molecule has 0 fully saturated rings. The zero-order valence-electron chi connectivity index (χ0n) is 22.3. The lowest BCUT2D eigenvalue weighted by Gasteiger charge is -2.27. The van der Waals surface area contributed by atoms with Gasteiger partial charge in [-0.1, -0.05) is 62.6 Å². The number of carboxylic acid groups (broad SMARTS) is 2. The number of nitriles is 1. The minimum atomic E-state index is -1.52. The van der Waals surface area contributed by atoms with Crippen LogP contribution in [-0.4, -0.2) is 33.3 Å². The smallest absolute Gasteiger partial charge is 0.349 e. The Morgan fingerprint density at radius 2 is 1.80 bits per heavy atom. The first-order valence-electron chi connectivity index (χ1n) is 13.3. The number of unbranched alkanes of at least 4 members (excludes halogenated alkanes) is 3. The van der Waals surface area contributed by atoms with E-state index in [9.17, 15) is 29.9 Å². The number of allylic oxidation sites excluding steroid dienone is 1. The Morgan fingerprint density at radius 1 is 1.05 bits per heavy atom. The maximum atomic E-state index is 12.8. The molecule has 40 heavy (non-hydrogen) atoms. The molecule has 0 unspecified atom stereocenters. The lowest BCUT2D eigenvalue weighted by Crippen LogP contribution is -2.35. The van der Waals surface area contributed by atoms with Crippen molar-refractivity contribution in [2.24, 2.45) is 0 Å². The van der Waals surface area contributed by atoms with Gasteiger partial charge in [0.25, 0.3) is 5.56 Å². The summed E-state index contributed by atoms with van der Waals surface area (Å²) >= 11 is 0.787. The van der Waals surface area contributed by atoms with Crippen LogP contribution >= 0.6 is 11.3 Å². The third kappa shape index (κ3) is 6.41. The number of fused-ring (bicyclic) bond motifs is 2. The summed E-state index contributed by atoms with van der Waals surface area (Å²) in [5, 5.41) is 27.8. The van der Waals surface area contributed by atoms with Crippen LogP contribution in [0.1, 0.15) is 49.3 Å². The zero-order valence-corrected chi connectivity index (χ0v) is 23.1. The predicted octanol–water partition coefficient (Wildman–Crippen LogP) is 4.06. The number of carboxylic acids is 2. The molecular formula is C31H31N3O5S. The minimum Gasteiger partial charge on any atom is -0.480 e. The van der Waals surface area contributed by atoms with E-state index in [1.54, 1.807) is 12.1 Å². The molecule has 1 aliphatic heterocycles. The van der Waals surface area contributed by atoms with Gasteiger partial charge in [0.05, 0.1) is 4.53 Å². The average Bonchev–Trinajstić information content (AvgIpc) is 3.12. The fourth-order valence-electron chi connectivity index (χ4n) is 4.93. The maximum Gasteiger partial charge on any atom is 0.349 e. The second-order valence-corrected chi connectivity index (χ2v) is 10.6. The summed E-state index contributed by atoms with van der Waals surface area (Å²) in [7, 11) is 0. The second kappa shape index (κ2) is 13.1. The van der Waals surface area contributed by atoms with Crippen LogP contribution in [-0.2, 0) is 29.0 Å². The van der Waals surface area contributed by atoms with E-state index in [4.69, 9.17) is 0 Å². The molecule has 1 aliphatic rings. The van der Waals surface area contributed by atoms with Crippen LogP contribution in [0.15, 0.2) is 53.3 Å². The van der Waals surface area contributed by atoms with Crippen LogP contribution in [0.25, 0.3) is 17.7 Å². The molecule has 0 spiro atoms. The van der Waals surface area contributed by atoms with E-state index in [-0.39, 0.29) is 9.20 Å². The molecule has 8 nitrogen and oxygen atoms in total. The molecule has 0 saturated carbocycles. The Labute approximate surface area is 236 Å². The number of hydrogen-bond acceptors (Lipinski definition) is 6. The van der Waals surface area contributed by atoms with E-state index in [1.165, 1.54) is 47.8 Å². The van der Waals surface area contributed by atoms with Crippen LogP contribution in [0.3, 0.4) is 0 Å². The Balaban J connectivity index is 1.68. The van der Waals surface area contributed by atoms with Gasteiger partial charge in [-0.15, -0.1) is 11.3 Å². The Hall–Kier alpha value is -4.42. The third-order valence-electron chi connectivity index (χ3n) is 6.85. The van der Waals surface area contributed by atoms with E-state index in [1.807, 2.05) is 12.1 Å². The van der Waals surface area contributed by atoms with Crippen molar-refractivity contribution in [1.29, 1.82) is 5.26 Å². The molecule has 0 saturated heterocycles. The molecule has 206 valence electrons. The van der Waals surface area contributed by atoms with Gasteiger partial charge >= 0.3 is 11.9 Å². The van der Waals surface area contributed by atoms with E-state index in [0.717, 1.165) is 47.3 Å². The highest BCUT2D eigenvalue weighted by Gasteiger charge is 2.20. The summed E-state index contributed by atoms with van der Waals surface area (Å²) in [5.41, 5.74) is 4.67. The van der Waals surface area contributed by atoms with Crippen LogP contribution in [0.2, 0.25) is 0 Å². The van der Waals surface area contributed by atoms with Crippen molar-refractivity contribution in [1.82, 2.24) is 4.57 Å². The van der Waals surface area contributed by atoms with Crippen LogP contribution < -0.4 is 19.7 Å². The van der Waals surface area contributed by atoms with Crippen LogP contribution in [0, 0.1) is 11.3 Å². The van der Waals surface area contributed by atoms with E-state index >= 15 is 0 Å². The molecule has 9 heteroatoms. The Morgan fingerprint density at radius 3 is 2.52 bits per heavy atom. The van der Waals surface area contributed by atoms with Crippen LogP contribution in [0.5, 0.6) is 0 Å². The van der Waals surface area contributed by atoms with Gasteiger partial charge in [-0.2, -0.15) is 5.26 Å². The number of aryl methyl sites for hydroxylation is 2. The summed E-state index contributed by atoms with van der Waals surface area (Å²) in [4.78, 5) is 38.0. The summed E-state index contributed by atoms with van der Waals surface area (Å²) in [6, 6.07) is 16.4. The number of aliphatic carboxylic acids is 2. The highest BCUT2D eigenvalue weighted by molar-refractivity contribution is 7.07. The van der Waals surface area contributed by atoms with Gasteiger partial charge in [-0.05, 0) is 60.2 Å². The number of hydrogen-bond donors (Lipinski definition) is 2. The molecule has 2 N–H and O–H groups in total. The molecule has 0 atom stereocenters. The third-order valence-corrected chi connectivity index (χ3v) is 8.00. The van der Waals surface area contributed by atoms with Gasteiger partial charge < -0.3 is 15.1 Å². The lowest BCUT2D eigenvalue weighted by molar-refractivity contribution is -0.138. The molecular weight excluding hydrogens is 526 g/mol. The highest BCUT2D eigenvalue weighted by atomic mass is 32.1. The summed E-state index contributed by atoms with van der Waals surface area (Å²) in [6.07, 6.45) is 11.6. The van der Waals surface area contributed by atoms with Gasteiger partial charge in [-0.25, -0.2) is 4.79 Å². The van der Waals surface area contributed by atoms with Gasteiger partial charge in [0.2, 0.25) is 0 Å². The van der Waals surface area contributed by atoms with Gasteiger partial charge in [-0.3, -0.25) is 14.2 Å². The molecule has 2 heterocycles. The maximum absolute atomic E-state index is 12.8. The molecule has 0 aliphatic carbocycles. The molecule has 1 aromatic heterocycles. The number of para-hydroxylation sites is 1. The number of thiazole rings is 1. The minimum absolute atomic E-state index is 0.143. The number of anilines is 2. The fourth-order valence-corrected chi connectivity index (χ4v) is 5.97. The van der Waals surface area contributed by atoms with Crippen molar-refractivity contribution < 1.29 is 19.8 Å². The second-order valence-electron chi connectivity index (χ2n) is 9.60. The molecule has 4 rings (SSSR count). The van der Waals surface area contributed by atoms with Crippen molar-refractivity contribution in [3.8, 4) is 6.07 Å². The summed E-state index contributed by atoms with van der Waals surface area (Å²) in [5.74, 6) is -2.83. The largest absolute Gasteiger partial charge is 0.480 e.